The number of carbonyl (C=O) groups is 1. The minimum atomic E-state index is -0.290. The van der Waals surface area contributed by atoms with E-state index in [-0.39, 0.29) is 5.97 Å². The van der Waals surface area contributed by atoms with Crippen molar-refractivity contribution in [2.24, 2.45) is 0 Å². The average molecular weight is 276 g/mol. The Morgan fingerprint density at radius 1 is 1.05 bits per heavy atom. The van der Waals surface area contributed by atoms with Crippen LogP contribution in [-0.2, 0) is 9.53 Å². The quantitative estimate of drug-likeness (QED) is 0.385. The van der Waals surface area contributed by atoms with E-state index < -0.39 is 0 Å². The summed E-state index contributed by atoms with van der Waals surface area (Å²) >= 11 is 0. The summed E-state index contributed by atoms with van der Waals surface area (Å²) < 4.78 is 10.6. The minimum Gasteiger partial charge on any atom is -0.494 e. The molecule has 0 heterocycles. The SMILES string of the molecule is CCCCOC(=O)/C=C\c1ccc(OCCCC)cc1. The molecule has 110 valence electrons. The molecule has 1 aromatic rings. The Morgan fingerprint density at radius 2 is 1.70 bits per heavy atom. The van der Waals surface area contributed by atoms with Gasteiger partial charge in [0.25, 0.3) is 0 Å². The first kappa shape index (κ1) is 16.3. The van der Waals surface area contributed by atoms with Crippen LogP contribution in [0.15, 0.2) is 30.3 Å². The van der Waals surface area contributed by atoms with Crippen LogP contribution in [0, 0.1) is 0 Å². The summed E-state index contributed by atoms with van der Waals surface area (Å²) in [7, 11) is 0. The van der Waals surface area contributed by atoms with E-state index in [1.54, 1.807) is 6.08 Å². The third-order valence-electron chi connectivity index (χ3n) is 2.80. The summed E-state index contributed by atoms with van der Waals surface area (Å²) in [4.78, 5) is 11.4. The average Bonchev–Trinajstić information content (AvgIpc) is 2.47. The molecule has 0 bridgehead atoms. The molecule has 1 rings (SSSR count). The second kappa shape index (κ2) is 10.1. The number of hydrogen-bond donors (Lipinski definition) is 0. The molecule has 0 N–H and O–H groups in total. The van der Waals surface area contributed by atoms with Gasteiger partial charge in [-0.25, -0.2) is 4.79 Å². The molecule has 0 spiro atoms. The Morgan fingerprint density at radius 3 is 2.35 bits per heavy atom. The second-order valence-electron chi connectivity index (χ2n) is 4.63. The number of unbranched alkanes of at least 4 members (excludes halogenated alkanes) is 2. The van der Waals surface area contributed by atoms with E-state index >= 15 is 0 Å². The molecule has 0 aliphatic rings. The summed E-state index contributed by atoms with van der Waals surface area (Å²) in [6.07, 6.45) is 7.33. The third-order valence-corrected chi connectivity index (χ3v) is 2.80. The number of benzene rings is 1. The topological polar surface area (TPSA) is 35.5 Å². The van der Waals surface area contributed by atoms with Gasteiger partial charge in [-0.1, -0.05) is 38.8 Å². The van der Waals surface area contributed by atoms with E-state index in [9.17, 15) is 4.79 Å². The van der Waals surface area contributed by atoms with Crippen molar-refractivity contribution in [2.45, 2.75) is 39.5 Å². The Bertz CT molecular complexity index is 407. The van der Waals surface area contributed by atoms with E-state index in [1.165, 1.54) is 6.08 Å². The molecule has 0 aliphatic heterocycles. The molecule has 20 heavy (non-hydrogen) atoms. The van der Waals surface area contributed by atoms with Crippen molar-refractivity contribution in [1.29, 1.82) is 0 Å². The van der Waals surface area contributed by atoms with Crippen LogP contribution in [0.5, 0.6) is 5.75 Å². The summed E-state index contributed by atoms with van der Waals surface area (Å²) in [5.41, 5.74) is 0.959. The molecular formula is C17H24O3. The van der Waals surface area contributed by atoms with E-state index in [1.807, 2.05) is 24.3 Å². The highest BCUT2D eigenvalue weighted by Gasteiger charge is 1.97. The maximum absolute atomic E-state index is 11.4. The molecule has 0 atom stereocenters. The normalized spacial score (nSPS) is 10.7. The molecule has 1 aromatic carbocycles. The molecule has 0 fully saturated rings. The monoisotopic (exact) mass is 276 g/mol. The lowest BCUT2D eigenvalue weighted by Gasteiger charge is -2.05. The Hall–Kier alpha value is -1.77. The van der Waals surface area contributed by atoms with Crippen LogP contribution < -0.4 is 4.74 Å². The smallest absolute Gasteiger partial charge is 0.330 e. The van der Waals surface area contributed by atoms with Gasteiger partial charge < -0.3 is 9.47 Å². The Labute approximate surface area is 121 Å². The zero-order valence-electron chi connectivity index (χ0n) is 12.4. The molecular weight excluding hydrogens is 252 g/mol. The van der Waals surface area contributed by atoms with Crippen molar-refractivity contribution in [3.8, 4) is 5.75 Å². The largest absolute Gasteiger partial charge is 0.494 e. The van der Waals surface area contributed by atoms with Gasteiger partial charge in [0.15, 0.2) is 0 Å². The summed E-state index contributed by atoms with van der Waals surface area (Å²) in [6.45, 7) is 5.43. The highest BCUT2D eigenvalue weighted by atomic mass is 16.5. The highest BCUT2D eigenvalue weighted by molar-refractivity contribution is 5.87. The maximum Gasteiger partial charge on any atom is 0.330 e. The molecule has 0 aliphatic carbocycles. The van der Waals surface area contributed by atoms with E-state index in [2.05, 4.69) is 13.8 Å². The van der Waals surface area contributed by atoms with E-state index in [4.69, 9.17) is 9.47 Å². The lowest BCUT2D eigenvalue weighted by molar-refractivity contribution is -0.137. The van der Waals surface area contributed by atoms with Crippen LogP contribution in [-0.4, -0.2) is 19.2 Å². The zero-order chi connectivity index (χ0) is 14.6. The number of rotatable bonds is 9. The Balaban J connectivity index is 2.38. The first-order chi connectivity index (χ1) is 9.76. The highest BCUT2D eigenvalue weighted by Crippen LogP contribution is 2.13. The number of esters is 1. The molecule has 0 radical (unpaired) electrons. The molecule has 0 saturated carbocycles. The lowest BCUT2D eigenvalue weighted by Crippen LogP contribution is -2.01. The summed E-state index contributed by atoms with van der Waals surface area (Å²) in [5.74, 6) is 0.572. The number of ether oxygens (including phenoxy) is 2. The summed E-state index contributed by atoms with van der Waals surface area (Å²) in [5, 5.41) is 0. The van der Waals surface area contributed by atoms with Gasteiger partial charge in [-0.05, 0) is 36.6 Å². The van der Waals surface area contributed by atoms with Gasteiger partial charge in [0.2, 0.25) is 0 Å². The molecule has 0 saturated heterocycles. The van der Waals surface area contributed by atoms with Gasteiger partial charge in [-0.15, -0.1) is 0 Å². The number of carbonyl (C=O) groups excluding carboxylic acids is 1. The van der Waals surface area contributed by atoms with Crippen LogP contribution >= 0.6 is 0 Å². The number of hydrogen-bond acceptors (Lipinski definition) is 3. The lowest BCUT2D eigenvalue weighted by atomic mass is 10.2. The van der Waals surface area contributed by atoms with Crippen LogP contribution in [0.3, 0.4) is 0 Å². The third kappa shape index (κ3) is 6.98. The van der Waals surface area contributed by atoms with Crippen LogP contribution in [0.4, 0.5) is 0 Å². The van der Waals surface area contributed by atoms with E-state index in [0.717, 1.165) is 43.6 Å². The van der Waals surface area contributed by atoms with Crippen LogP contribution in [0.2, 0.25) is 0 Å². The Kier molecular flexibility index (Phi) is 8.20. The first-order valence-corrected chi connectivity index (χ1v) is 7.34. The van der Waals surface area contributed by atoms with Crippen LogP contribution in [0.1, 0.15) is 45.1 Å². The molecule has 0 aromatic heterocycles. The van der Waals surface area contributed by atoms with Crippen molar-refractivity contribution in [3.05, 3.63) is 35.9 Å². The fourth-order valence-electron chi connectivity index (χ4n) is 1.54. The molecule has 3 heteroatoms. The van der Waals surface area contributed by atoms with Crippen molar-refractivity contribution < 1.29 is 14.3 Å². The maximum atomic E-state index is 11.4. The zero-order valence-corrected chi connectivity index (χ0v) is 12.4. The van der Waals surface area contributed by atoms with Gasteiger partial charge >= 0.3 is 5.97 Å². The molecule has 0 unspecified atom stereocenters. The van der Waals surface area contributed by atoms with Crippen molar-refractivity contribution in [2.75, 3.05) is 13.2 Å². The van der Waals surface area contributed by atoms with Gasteiger partial charge in [-0.2, -0.15) is 0 Å². The first-order valence-electron chi connectivity index (χ1n) is 7.34. The molecule has 3 nitrogen and oxygen atoms in total. The van der Waals surface area contributed by atoms with E-state index in [0.29, 0.717) is 6.61 Å². The van der Waals surface area contributed by atoms with Gasteiger partial charge in [0, 0.05) is 6.08 Å². The predicted molar refractivity (Wildman–Crippen MR) is 81.7 cm³/mol. The molecule has 0 amide bonds. The van der Waals surface area contributed by atoms with Crippen molar-refractivity contribution in [1.82, 2.24) is 0 Å². The summed E-state index contributed by atoms with van der Waals surface area (Å²) in [6, 6.07) is 7.68. The fourth-order valence-corrected chi connectivity index (χ4v) is 1.54. The van der Waals surface area contributed by atoms with Crippen LogP contribution in [0.25, 0.3) is 6.08 Å². The fraction of sp³-hybridized carbons (Fsp3) is 0.471. The van der Waals surface area contributed by atoms with Gasteiger partial charge in [0.1, 0.15) is 5.75 Å². The minimum absolute atomic E-state index is 0.290. The second-order valence-corrected chi connectivity index (χ2v) is 4.63. The van der Waals surface area contributed by atoms with Gasteiger partial charge in [-0.3, -0.25) is 0 Å². The predicted octanol–water partition coefficient (Wildman–Crippen LogP) is 4.22. The van der Waals surface area contributed by atoms with Crippen molar-refractivity contribution >= 4 is 12.0 Å². The standard InChI is InChI=1S/C17H24O3/c1-3-5-13-19-16-10-7-15(8-11-16)9-12-17(18)20-14-6-4-2/h7-12H,3-6,13-14H2,1-2H3/b12-9-. The van der Waals surface area contributed by atoms with Gasteiger partial charge in [0.05, 0.1) is 13.2 Å². The van der Waals surface area contributed by atoms with Crippen molar-refractivity contribution in [3.63, 3.8) is 0 Å².